The lowest BCUT2D eigenvalue weighted by molar-refractivity contribution is -0.0185. The number of nitrogens with zero attached hydrogens (tertiary/aromatic N) is 3. The van der Waals surface area contributed by atoms with Crippen LogP contribution >= 0.6 is 24.0 Å². The van der Waals surface area contributed by atoms with Gasteiger partial charge in [-0.2, -0.15) is 0 Å². The second-order valence-corrected chi connectivity index (χ2v) is 7.60. The summed E-state index contributed by atoms with van der Waals surface area (Å²) in [6, 6.07) is 9.38. The van der Waals surface area contributed by atoms with Gasteiger partial charge in [0.25, 0.3) is 0 Å². The summed E-state index contributed by atoms with van der Waals surface area (Å²) in [6.45, 7) is 12.6. The van der Waals surface area contributed by atoms with Crippen molar-refractivity contribution in [3.8, 4) is 0 Å². The van der Waals surface area contributed by atoms with Crippen molar-refractivity contribution >= 4 is 29.9 Å². The molecule has 0 amide bonds. The molecule has 1 aromatic carbocycles. The third-order valence-electron chi connectivity index (χ3n) is 5.65. The lowest BCUT2D eigenvalue weighted by atomic mass is 10.0. The van der Waals surface area contributed by atoms with Crippen molar-refractivity contribution < 1.29 is 9.47 Å². The van der Waals surface area contributed by atoms with Gasteiger partial charge in [-0.3, -0.25) is 9.89 Å². The molecule has 7 heteroatoms. The van der Waals surface area contributed by atoms with E-state index in [4.69, 9.17) is 9.47 Å². The van der Waals surface area contributed by atoms with Crippen LogP contribution in [0.4, 0.5) is 0 Å². The zero-order chi connectivity index (χ0) is 19.2. The molecule has 0 saturated carbocycles. The van der Waals surface area contributed by atoms with Crippen molar-refractivity contribution in [3.05, 3.63) is 35.4 Å². The molecule has 28 heavy (non-hydrogen) atoms. The number of rotatable bonds is 4. The first-order valence-corrected chi connectivity index (χ1v) is 10.1. The van der Waals surface area contributed by atoms with E-state index < -0.39 is 0 Å². The Bertz CT molecular complexity index is 643. The number of aryl methyl sites for hydroxylation is 1. The highest BCUT2D eigenvalue weighted by atomic mass is 127. The van der Waals surface area contributed by atoms with Gasteiger partial charge in [0.05, 0.1) is 26.4 Å². The lowest BCUT2D eigenvalue weighted by Crippen LogP contribution is -2.54. The van der Waals surface area contributed by atoms with Gasteiger partial charge in [0, 0.05) is 38.8 Å². The van der Waals surface area contributed by atoms with Crippen LogP contribution in [0.15, 0.2) is 29.3 Å². The number of hydrogen-bond donors (Lipinski definition) is 1. The van der Waals surface area contributed by atoms with Crippen molar-refractivity contribution in [2.45, 2.75) is 39.0 Å². The standard InChI is InChI=1S/C21H34N4O2.HI/c1-16-7-5-6-8-19(16)20-14-24(9-12-27-20)21(22-4)23-13-17(2)25-10-11-26-15-18(25)3;/h5-8,17-18,20H,9-15H2,1-4H3,(H,22,23);1H. The van der Waals surface area contributed by atoms with E-state index in [-0.39, 0.29) is 30.1 Å². The van der Waals surface area contributed by atoms with E-state index in [2.05, 4.69) is 65.1 Å². The quantitative estimate of drug-likeness (QED) is 0.390. The van der Waals surface area contributed by atoms with Crippen molar-refractivity contribution in [1.82, 2.24) is 15.1 Å². The molecule has 0 aromatic heterocycles. The van der Waals surface area contributed by atoms with Crippen LogP contribution in [0.3, 0.4) is 0 Å². The van der Waals surface area contributed by atoms with Crippen molar-refractivity contribution in [3.63, 3.8) is 0 Å². The number of guanidine groups is 1. The Morgan fingerprint density at radius 1 is 1.29 bits per heavy atom. The molecule has 0 bridgehead atoms. The molecule has 0 radical (unpaired) electrons. The van der Waals surface area contributed by atoms with Crippen molar-refractivity contribution in [2.24, 2.45) is 4.99 Å². The predicted molar refractivity (Wildman–Crippen MR) is 125 cm³/mol. The Balaban J connectivity index is 0.00000280. The minimum Gasteiger partial charge on any atom is -0.379 e. The fraction of sp³-hybridized carbons (Fsp3) is 0.667. The number of aliphatic imine (C=N–C) groups is 1. The van der Waals surface area contributed by atoms with Gasteiger partial charge >= 0.3 is 0 Å². The van der Waals surface area contributed by atoms with Gasteiger partial charge < -0.3 is 19.7 Å². The van der Waals surface area contributed by atoms with Crippen LogP contribution in [0.5, 0.6) is 0 Å². The highest BCUT2D eigenvalue weighted by Crippen LogP contribution is 2.25. The Morgan fingerprint density at radius 3 is 2.79 bits per heavy atom. The van der Waals surface area contributed by atoms with E-state index in [1.807, 2.05) is 7.05 Å². The first kappa shape index (κ1) is 23.4. The van der Waals surface area contributed by atoms with Crippen LogP contribution in [0, 0.1) is 6.92 Å². The number of halogens is 1. The fourth-order valence-corrected chi connectivity index (χ4v) is 4.06. The summed E-state index contributed by atoms with van der Waals surface area (Å²) < 4.78 is 11.6. The molecule has 2 heterocycles. The first-order valence-electron chi connectivity index (χ1n) is 10.1. The maximum atomic E-state index is 6.06. The third kappa shape index (κ3) is 5.81. The van der Waals surface area contributed by atoms with Crippen LogP contribution in [0.2, 0.25) is 0 Å². The highest BCUT2D eigenvalue weighted by Gasteiger charge is 2.27. The number of morpholine rings is 2. The van der Waals surface area contributed by atoms with Crippen molar-refractivity contribution in [1.29, 1.82) is 0 Å². The van der Waals surface area contributed by atoms with E-state index in [0.717, 1.165) is 52.0 Å². The number of ether oxygens (including phenoxy) is 2. The molecule has 0 spiro atoms. The Morgan fingerprint density at radius 2 is 2.07 bits per heavy atom. The maximum Gasteiger partial charge on any atom is 0.193 e. The molecule has 2 fully saturated rings. The van der Waals surface area contributed by atoms with E-state index in [1.54, 1.807) is 0 Å². The average molecular weight is 502 g/mol. The van der Waals surface area contributed by atoms with Gasteiger partial charge in [-0.05, 0) is 31.9 Å². The van der Waals surface area contributed by atoms with Crippen LogP contribution in [0.1, 0.15) is 31.1 Å². The molecule has 2 saturated heterocycles. The molecule has 3 atom stereocenters. The molecule has 0 aliphatic carbocycles. The number of benzene rings is 1. The summed E-state index contributed by atoms with van der Waals surface area (Å²) >= 11 is 0. The largest absolute Gasteiger partial charge is 0.379 e. The van der Waals surface area contributed by atoms with Crippen LogP contribution in [-0.2, 0) is 9.47 Å². The zero-order valence-electron chi connectivity index (χ0n) is 17.6. The Labute approximate surface area is 186 Å². The molecule has 2 aliphatic heterocycles. The summed E-state index contributed by atoms with van der Waals surface area (Å²) in [5.41, 5.74) is 2.55. The van der Waals surface area contributed by atoms with E-state index in [0.29, 0.717) is 12.1 Å². The van der Waals surface area contributed by atoms with Gasteiger partial charge in [0.1, 0.15) is 6.10 Å². The van der Waals surface area contributed by atoms with Gasteiger partial charge in [-0.25, -0.2) is 0 Å². The number of hydrogen-bond acceptors (Lipinski definition) is 4. The summed E-state index contributed by atoms with van der Waals surface area (Å²) in [5.74, 6) is 0.963. The van der Waals surface area contributed by atoms with E-state index in [1.165, 1.54) is 11.1 Å². The molecule has 2 aliphatic rings. The minimum atomic E-state index is 0. The lowest BCUT2D eigenvalue weighted by Gasteiger charge is -2.39. The summed E-state index contributed by atoms with van der Waals surface area (Å²) in [5, 5.41) is 3.58. The molecular formula is C21H35IN4O2. The molecule has 158 valence electrons. The SMILES string of the molecule is CN=C(NCC(C)N1CCOCC1C)N1CCOC(c2ccccc2C)C1.I. The van der Waals surface area contributed by atoms with Gasteiger partial charge in [-0.15, -0.1) is 24.0 Å². The molecule has 3 rings (SSSR count). The summed E-state index contributed by atoms with van der Waals surface area (Å²) in [6.07, 6.45) is 0.0928. The first-order chi connectivity index (χ1) is 13.1. The van der Waals surface area contributed by atoms with E-state index in [9.17, 15) is 0 Å². The second kappa shape index (κ2) is 11.3. The van der Waals surface area contributed by atoms with E-state index >= 15 is 0 Å². The maximum absolute atomic E-state index is 6.06. The third-order valence-corrected chi connectivity index (χ3v) is 5.65. The minimum absolute atomic E-state index is 0. The summed E-state index contributed by atoms with van der Waals surface area (Å²) in [4.78, 5) is 9.36. The smallest absolute Gasteiger partial charge is 0.193 e. The Hall–Kier alpha value is -0.900. The molecule has 1 N–H and O–H groups in total. The van der Waals surface area contributed by atoms with Crippen molar-refractivity contribution in [2.75, 3.05) is 53.0 Å². The zero-order valence-corrected chi connectivity index (χ0v) is 19.9. The normalized spacial score (nSPS) is 25.1. The van der Waals surface area contributed by atoms with Crippen LogP contribution in [0.25, 0.3) is 0 Å². The van der Waals surface area contributed by atoms with Gasteiger partial charge in [-0.1, -0.05) is 24.3 Å². The summed E-state index contributed by atoms with van der Waals surface area (Å²) in [7, 11) is 1.86. The van der Waals surface area contributed by atoms with Gasteiger partial charge in [0.2, 0.25) is 0 Å². The molecule has 6 nitrogen and oxygen atoms in total. The predicted octanol–water partition coefficient (Wildman–Crippen LogP) is 2.67. The number of nitrogens with one attached hydrogen (secondary N) is 1. The topological polar surface area (TPSA) is 49.3 Å². The molecule has 1 aromatic rings. The van der Waals surface area contributed by atoms with Gasteiger partial charge in [0.15, 0.2) is 5.96 Å². The second-order valence-electron chi connectivity index (χ2n) is 7.60. The fourth-order valence-electron chi connectivity index (χ4n) is 4.06. The van der Waals surface area contributed by atoms with Crippen LogP contribution < -0.4 is 5.32 Å². The Kier molecular flexibility index (Phi) is 9.46. The average Bonchev–Trinajstić information content (AvgIpc) is 2.69. The van der Waals surface area contributed by atoms with Crippen LogP contribution in [-0.4, -0.2) is 80.9 Å². The highest BCUT2D eigenvalue weighted by molar-refractivity contribution is 14.0. The molecule has 3 unspecified atom stereocenters. The monoisotopic (exact) mass is 502 g/mol. The molecular weight excluding hydrogens is 467 g/mol.